The third kappa shape index (κ3) is 3.87. The summed E-state index contributed by atoms with van der Waals surface area (Å²) in [7, 11) is -2.48. The Balaban J connectivity index is 2.11. The minimum absolute atomic E-state index is 0.0771. The van der Waals surface area contributed by atoms with Crippen LogP contribution < -0.4 is 9.46 Å². The minimum atomic E-state index is -3.86. The molecule has 1 aromatic carbocycles. The maximum atomic E-state index is 12.3. The van der Waals surface area contributed by atoms with Crippen molar-refractivity contribution in [1.82, 2.24) is 9.62 Å². The predicted molar refractivity (Wildman–Crippen MR) is 79.0 cm³/mol. The van der Waals surface area contributed by atoms with E-state index in [0.717, 1.165) is 12.8 Å². The number of benzene rings is 1. The van der Waals surface area contributed by atoms with Gasteiger partial charge in [-0.1, -0.05) is 11.6 Å². The van der Waals surface area contributed by atoms with Gasteiger partial charge in [0, 0.05) is 18.1 Å². The fraction of sp³-hybridized carbons (Fsp3) is 0.462. The number of carbonyl (C=O) groups excluding carboxylic acids is 1. The molecule has 1 aliphatic heterocycles. The Morgan fingerprint density at radius 2 is 2.05 bits per heavy atom. The number of carbonyl (C=O) groups is 1. The van der Waals surface area contributed by atoms with Gasteiger partial charge in [-0.15, -0.1) is 0 Å². The van der Waals surface area contributed by atoms with Crippen LogP contribution in [0.1, 0.15) is 12.8 Å². The van der Waals surface area contributed by atoms with Gasteiger partial charge in [0.15, 0.2) is 0 Å². The zero-order valence-electron chi connectivity index (χ0n) is 11.6. The fourth-order valence-corrected chi connectivity index (χ4v) is 3.58. The van der Waals surface area contributed by atoms with Crippen LogP contribution in [0, 0.1) is 0 Å². The van der Waals surface area contributed by atoms with E-state index < -0.39 is 10.0 Å². The van der Waals surface area contributed by atoms with Crippen LogP contribution in [0.5, 0.6) is 5.75 Å². The van der Waals surface area contributed by atoms with Gasteiger partial charge >= 0.3 is 0 Å². The van der Waals surface area contributed by atoms with Gasteiger partial charge in [0.2, 0.25) is 15.9 Å². The Morgan fingerprint density at radius 3 is 2.67 bits per heavy atom. The Bertz CT molecular complexity index is 627. The number of hydrogen-bond acceptors (Lipinski definition) is 4. The first kappa shape index (κ1) is 16.1. The van der Waals surface area contributed by atoms with Gasteiger partial charge in [-0.3, -0.25) is 4.79 Å². The van der Waals surface area contributed by atoms with E-state index in [9.17, 15) is 13.2 Å². The maximum Gasteiger partial charge on any atom is 0.244 e. The Morgan fingerprint density at radius 1 is 1.38 bits per heavy atom. The highest BCUT2D eigenvalue weighted by Gasteiger charge is 2.23. The predicted octanol–water partition coefficient (Wildman–Crippen LogP) is 1.25. The first-order valence-corrected chi connectivity index (χ1v) is 8.41. The number of ether oxygens (including phenoxy) is 1. The van der Waals surface area contributed by atoms with E-state index >= 15 is 0 Å². The van der Waals surface area contributed by atoms with Gasteiger partial charge in [0.1, 0.15) is 10.6 Å². The molecular weight excluding hydrogens is 316 g/mol. The number of halogens is 1. The highest BCUT2D eigenvalue weighted by atomic mass is 35.5. The first-order valence-electron chi connectivity index (χ1n) is 6.55. The average molecular weight is 333 g/mol. The van der Waals surface area contributed by atoms with Crippen LogP contribution in [0.2, 0.25) is 5.02 Å². The summed E-state index contributed by atoms with van der Waals surface area (Å²) in [4.78, 5) is 13.5. The number of hydrogen-bond donors (Lipinski definition) is 1. The van der Waals surface area contributed by atoms with Crippen molar-refractivity contribution < 1.29 is 17.9 Å². The summed E-state index contributed by atoms with van der Waals surface area (Å²) in [5, 5.41) is 0.280. The number of nitrogens with zero attached hydrogens (tertiary/aromatic N) is 1. The molecule has 0 unspecified atom stereocenters. The molecule has 0 saturated carbocycles. The maximum absolute atomic E-state index is 12.3. The van der Waals surface area contributed by atoms with E-state index in [-0.39, 0.29) is 28.1 Å². The van der Waals surface area contributed by atoms with Crippen LogP contribution in [0.25, 0.3) is 0 Å². The summed E-state index contributed by atoms with van der Waals surface area (Å²) in [5.74, 6) is -0.0439. The molecule has 0 aromatic heterocycles. The number of sulfonamides is 1. The topological polar surface area (TPSA) is 75.7 Å². The van der Waals surface area contributed by atoms with E-state index in [1.165, 1.54) is 25.3 Å². The van der Waals surface area contributed by atoms with Crippen LogP contribution in [-0.4, -0.2) is 46.0 Å². The second kappa shape index (κ2) is 6.64. The monoisotopic (exact) mass is 332 g/mol. The molecule has 1 fully saturated rings. The number of nitrogens with one attached hydrogen (secondary N) is 1. The molecule has 0 atom stereocenters. The van der Waals surface area contributed by atoms with Crippen LogP contribution in [0.3, 0.4) is 0 Å². The lowest BCUT2D eigenvalue weighted by atomic mass is 10.3. The number of rotatable bonds is 5. The molecule has 21 heavy (non-hydrogen) atoms. The Kier molecular flexibility index (Phi) is 5.08. The molecule has 116 valence electrons. The molecule has 0 bridgehead atoms. The summed E-state index contributed by atoms with van der Waals surface area (Å²) in [5.41, 5.74) is 0. The second-order valence-electron chi connectivity index (χ2n) is 4.71. The van der Waals surface area contributed by atoms with Crippen molar-refractivity contribution in [1.29, 1.82) is 0 Å². The van der Waals surface area contributed by atoms with Crippen molar-refractivity contribution in [3.8, 4) is 5.75 Å². The van der Waals surface area contributed by atoms with E-state index in [4.69, 9.17) is 16.3 Å². The van der Waals surface area contributed by atoms with Crippen LogP contribution >= 0.6 is 11.6 Å². The van der Waals surface area contributed by atoms with Crippen molar-refractivity contribution in [3.05, 3.63) is 23.2 Å². The number of methoxy groups -OCH3 is 1. The normalized spacial score (nSPS) is 15.2. The van der Waals surface area contributed by atoms with Gasteiger partial charge in [0.05, 0.1) is 13.7 Å². The zero-order valence-corrected chi connectivity index (χ0v) is 13.2. The van der Waals surface area contributed by atoms with Crippen molar-refractivity contribution in [2.24, 2.45) is 0 Å². The lowest BCUT2D eigenvalue weighted by molar-refractivity contribution is -0.128. The van der Waals surface area contributed by atoms with E-state index in [0.29, 0.717) is 13.1 Å². The van der Waals surface area contributed by atoms with Gasteiger partial charge in [-0.05, 0) is 31.0 Å². The summed E-state index contributed by atoms with van der Waals surface area (Å²) in [6.45, 7) is 1.10. The number of likely N-dealkylation sites (tertiary alicyclic amines) is 1. The SMILES string of the molecule is COc1ccc(Cl)cc1S(=O)(=O)NCC(=O)N1CCCC1. The minimum Gasteiger partial charge on any atom is -0.495 e. The molecule has 0 aliphatic carbocycles. The molecule has 1 amide bonds. The highest BCUT2D eigenvalue weighted by Crippen LogP contribution is 2.26. The van der Waals surface area contributed by atoms with E-state index in [2.05, 4.69) is 4.72 Å². The molecule has 0 radical (unpaired) electrons. The molecule has 2 rings (SSSR count). The Hall–Kier alpha value is -1.31. The lowest BCUT2D eigenvalue weighted by Gasteiger charge is -2.16. The van der Waals surface area contributed by atoms with Crippen molar-refractivity contribution in [2.75, 3.05) is 26.7 Å². The van der Waals surface area contributed by atoms with Crippen molar-refractivity contribution in [2.45, 2.75) is 17.7 Å². The quantitative estimate of drug-likeness (QED) is 0.880. The van der Waals surface area contributed by atoms with Crippen molar-refractivity contribution >= 4 is 27.5 Å². The zero-order chi connectivity index (χ0) is 15.5. The molecule has 8 heteroatoms. The summed E-state index contributed by atoms with van der Waals surface area (Å²) in [6, 6.07) is 4.30. The standard InChI is InChI=1S/C13H17ClN2O4S/c1-20-11-5-4-10(14)8-12(11)21(18,19)15-9-13(17)16-6-2-3-7-16/h4-5,8,15H,2-3,6-7,9H2,1H3. The summed E-state index contributed by atoms with van der Waals surface area (Å²) in [6.07, 6.45) is 1.92. The fourth-order valence-electron chi connectivity index (χ4n) is 2.17. The van der Waals surface area contributed by atoms with Gasteiger partial charge in [-0.25, -0.2) is 13.1 Å². The summed E-state index contributed by atoms with van der Waals surface area (Å²) >= 11 is 5.82. The van der Waals surface area contributed by atoms with Gasteiger partial charge < -0.3 is 9.64 Å². The molecule has 1 saturated heterocycles. The van der Waals surface area contributed by atoms with Crippen LogP contribution in [0.4, 0.5) is 0 Å². The van der Waals surface area contributed by atoms with Gasteiger partial charge in [0.25, 0.3) is 0 Å². The largest absolute Gasteiger partial charge is 0.495 e. The lowest BCUT2D eigenvalue weighted by Crippen LogP contribution is -2.38. The molecule has 1 heterocycles. The molecular formula is C13H17ClN2O4S. The number of amides is 1. The van der Waals surface area contributed by atoms with E-state index in [1.807, 2.05) is 0 Å². The molecule has 1 aromatic rings. The average Bonchev–Trinajstić information content (AvgIpc) is 2.99. The first-order chi connectivity index (χ1) is 9.94. The Labute approximate surface area is 129 Å². The molecule has 1 aliphatic rings. The summed E-state index contributed by atoms with van der Waals surface area (Å²) < 4.78 is 31.8. The van der Waals surface area contributed by atoms with Crippen LogP contribution in [0.15, 0.2) is 23.1 Å². The highest BCUT2D eigenvalue weighted by molar-refractivity contribution is 7.89. The molecule has 1 N–H and O–H groups in total. The molecule has 6 nitrogen and oxygen atoms in total. The van der Waals surface area contributed by atoms with Crippen LogP contribution in [-0.2, 0) is 14.8 Å². The van der Waals surface area contributed by atoms with Crippen molar-refractivity contribution in [3.63, 3.8) is 0 Å². The van der Waals surface area contributed by atoms with E-state index in [1.54, 1.807) is 4.90 Å². The third-order valence-corrected chi connectivity index (χ3v) is 4.94. The van der Waals surface area contributed by atoms with Gasteiger partial charge in [-0.2, -0.15) is 0 Å². The third-order valence-electron chi connectivity index (χ3n) is 3.29. The molecule has 0 spiro atoms. The smallest absolute Gasteiger partial charge is 0.244 e. The second-order valence-corrected chi connectivity index (χ2v) is 6.88.